The summed E-state index contributed by atoms with van der Waals surface area (Å²) < 4.78 is 22.3. The first-order valence-corrected chi connectivity index (χ1v) is 14.6. The molecule has 224 valence electrons. The van der Waals surface area contributed by atoms with Crippen molar-refractivity contribution < 1.29 is 42.9 Å². The molecule has 0 aliphatic carbocycles. The standard InChI is InChI=1S/C34H27BrO9/c35-21-28(42-32(38)24-15-7-2-8-16-24)30(44-34(40)26-19-11-4-12-20-26)29(43-33(39)25-17-9-3-10-18-25)27(36)22-41-31(37)23-13-5-1-6-14-23/h1-20,28-30H,21-22H2/t28-,29-,30-/m1/s1. The summed E-state index contributed by atoms with van der Waals surface area (Å²) >= 11 is 3.28. The van der Waals surface area contributed by atoms with Crippen LogP contribution in [0.5, 0.6) is 0 Å². The molecule has 0 amide bonds. The molecule has 0 bridgehead atoms. The number of halogens is 1. The van der Waals surface area contributed by atoms with Crippen molar-refractivity contribution in [3.05, 3.63) is 144 Å². The fourth-order valence-corrected chi connectivity index (χ4v) is 4.52. The summed E-state index contributed by atoms with van der Waals surface area (Å²) in [6, 6.07) is 31.8. The highest BCUT2D eigenvalue weighted by molar-refractivity contribution is 9.09. The summed E-state index contributed by atoms with van der Waals surface area (Å²) in [5.74, 6) is -4.26. The molecule has 0 aromatic heterocycles. The summed E-state index contributed by atoms with van der Waals surface area (Å²) in [4.78, 5) is 65.8. The lowest BCUT2D eigenvalue weighted by Crippen LogP contribution is -2.51. The minimum Gasteiger partial charge on any atom is -0.454 e. The zero-order chi connectivity index (χ0) is 31.3. The van der Waals surface area contributed by atoms with E-state index in [1.807, 2.05) is 0 Å². The van der Waals surface area contributed by atoms with Gasteiger partial charge in [-0.1, -0.05) is 88.7 Å². The number of ketones is 1. The van der Waals surface area contributed by atoms with E-state index < -0.39 is 54.6 Å². The van der Waals surface area contributed by atoms with Gasteiger partial charge < -0.3 is 18.9 Å². The van der Waals surface area contributed by atoms with E-state index in [0.717, 1.165) is 0 Å². The largest absolute Gasteiger partial charge is 0.454 e. The van der Waals surface area contributed by atoms with Crippen molar-refractivity contribution in [1.82, 2.24) is 0 Å². The summed E-state index contributed by atoms with van der Waals surface area (Å²) in [6.07, 6.45) is -4.81. The molecule has 44 heavy (non-hydrogen) atoms. The Labute approximate surface area is 261 Å². The van der Waals surface area contributed by atoms with Crippen molar-refractivity contribution in [2.24, 2.45) is 0 Å². The van der Waals surface area contributed by atoms with E-state index in [4.69, 9.17) is 18.9 Å². The van der Waals surface area contributed by atoms with Crippen molar-refractivity contribution >= 4 is 45.6 Å². The highest BCUT2D eigenvalue weighted by Gasteiger charge is 2.43. The fraction of sp³-hybridized carbons (Fsp3) is 0.147. The van der Waals surface area contributed by atoms with Crippen molar-refractivity contribution in [3.8, 4) is 0 Å². The van der Waals surface area contributed by atoms with Gasteiger partial charge in [-0.15, -0.1) is 0 Å². The third-order valence-corrected chi connectivity index (χ3v) is 6.89. The maximum absolute atomic E-state index is 13.7. The van der Waals surface area contributed by atoms with Gasteiger partial charge >= 0.3 is 23.9 Å². The Kier molecular flexibility index (Phi) is 11.5. The SMILES string of the molecule is O=C(OCC(=O)[C@@H](OC(=O)c1ccccc1)[C@H](OC(=O)c1ccccc1)[C@@H](CBr)OC(=O)c1ccccc1)c1ccccc1. The zero-order valence-electron chi connectivity index (χ0n) is 23.2. The molecule has 0 spiro atoms. The molecular formula is C34H27BrO9. The number of carbonyl (C=O) groups excluding carboxylic acids is 5. The van der Waals surface area contributed by atoms with Gasteiger partial charge in [0.25, 0.3) is 0 Å². The maximum Gasteiger partial charge on any atom is 0.338 e. The first-order valence-electron chi connectivity index (χ1n) is 13.5. The van der Waals surface area contributed by atoms with Gasteiger partial charge in [0.1, 0.15) is 0 Å². The highest BCUT2D eigenvalue weighted by Crippen LogP contribution is 2.21. The topological polar surface area (TPSA) is 122 Å². The van der Waals surface area contributed by atoms with Crippen LogP contribution in [-0.4, -0.2) is 59.9 Å². The predicted octanol–water partition coefficient (Wildman–Crippen LogP) is 5.48. The van der Waals surface area contributed by atoms with Gasteiger partial charge in [-0.2, -0.15) is 0 Å². The van der Waals surface area contributed by atoms with Crippen molar-refractivity contribution in [3.63, 3.8) is 0 Å². The van der Waals surface area contributed by atoms with E-state index in [1.54, 1.807) is 72.8 Å². The second-order valence-electron chi connectivity index (χ2n) is 9.30. The van der Waals surface area contributed by atoms with Crippen LogP contribution in [0, 0.1) is 0 Å². The number of benzene rings is 4. The lowest BCUT2D eigenvalue weighted by Gasteiger charge is -2.31. The Bertz CT molecular complexity index is 1560. The molecule has 0 unspecified atom stereocenters. The van der Waals surface area contributed by atoms with Crippen molar-refractivity contribution in [2.75, 3.05) is 11.9 Å². The van der Waals surface area contributed by atoms with Gasteiger partial charge in [0, 0.05) is 5.33 Å². The van der Waals surface area contributed by atoms with E-state index in [0.29, 0.717) is 0 Å². The second-order valence-corrected chi connectivity index (χ2v) is 9.95. The molecule has 0 fully saturated rings. The first-order chi connectivity index (χ1) is 21.4. The summed E-state index contributed by atoms with van der Waals surface area (Å²) in [5.41, 5.74) is 0.639. The van der Waals surface area contributed by atoms with Crippen LogP contribution in [0.25, 0.3) is 0 Å². The predicted molar refractivity (Wildman–Crippen MR) is 162 cm³/mol. The molecule has 4 aromatic rings. The van der Waals surface area contributed by atoms with Gasteiger partial charge in [-0.25, -0.2) is 19.2 Å². The molecule has 0 aliphatic heterocycles. The number of alkyl halides is 1. The van der Waals surface area contributed by atoms with E-state index >= 15 is 0 Å². The molecule has 0 saturated carbocycles. The number of ether oxygens (including phenoxy) is 4. The van der Waals surface area contributed by atoms with Crippen LogP contribution in [0.2, 0.25) is 0 Å². The third kappa shape index (κ3) is 8.71. The zero-order valence-corrected chi connectivity index (χ0v) is 24.8. The molecule has 0 heterocycles. The highest BCUT2D eigenvalue weighted by atomic mass is 79.9. The van der Waals surface area contributed by atoms with Crippen LogP contribution in [0.3, 0.4) is 0 Å². The number of carbonyl (C=O) groups is 5. The van der Waals surface area contributed by atoms with Crippen LogP contribution in [0.15, 0.2) is 121 Å². The Morgan fingerprint density at radius 3 is 1.27 bits per heavy atom. The van der Waals surface area contributed by atoms with Gasteiger partial charge in [-0.3, -0.25) is 4.79 Å². The molecule has 0 radical (unpaired) electrons. The number of rotatable bonds is 13. The molecule has 9 nitrogen and oxygen atoms in total. The van der Waals surface area contributed by atoms with Gasteiger partial charge in [0.15, 0.2) is 18.8 Å². The minimum absolute atomic E-state index is 0.108. The molecule has 10 heteroatoms. The molecule has 0 aliphatic rings. The fourth-order valence-electron chi connectivity index (χ4n) is 4.01. The van der Waals surface area contributed by atoms with Gasteiger partial charge in [-0.05, 0) is 48.5 Å². The molecule has 3 atom stereocenters. The van der Waals surface area contributed by atoms with E-state index in [1.165, 1.54) is 48.5 Å². The summed E-state index contributed by atoms with van der Waals surface area (Å²) in [6.45, 7) is -0.832. The molecule has 4 rings (SSSR count). The van der Waals surface area contributed by atoms with Crippen LogP contribution in [-0.2, 0) is 23.7 Å². The monoisotopic (exact) mass is 658 g/mol. The minimum atomic E-state index is -1.84. The molecule has 4 aromatic carbocycles. The smallest absolute Gasteiger partial charge is 0.338 e. The first kappa shape index (κ1) is 31.8. The number of hydrogen-bond acceptors (Lipinski definition) is 9. The number of Topliss-reactive ketones (excluding diaryl/α,β-unsaturated/α-hetero) is 1. The Balaban J connectivity index is 1.68. The number of esters is 4. The Morgan fingerprint density at radius 2 is 0.864 bits per heavy atom. The summed E-state index contributed by atoms with van der Waals surface area (Å²) in [5, 5.41) is -0.116. The maximum atomic E-state index is 13.7. The normalized spacial score (nSPS) is 12.6. The van der Waals surface area contributed by atoms with E-state index in [9.17, 15) is 24.0 Å². The third-order valence-electron chi connectivity index (χ3n) is 6.25. The number of hydrogen-bond donors (Lipinski definition) is 0. The van der Waals surface area contributed by atoms with E-state index in [2.05, 4.69) is 15.9 Å². The van der Waals surface area contributed by atoms with Crippen molar-refractivity contribution in [2.45, 2.75) is 18.3 Å². The molecular weight excluding hydrogens is 632 g/mol. The van der Waals surface area contributed by atoms with Crippen LogP contribution >= 0.6 is 15.9 Å². The summed E-state index contributed by atoms with van der Waals surface area (Å²) in [7, 11) is 0. The molecule has 0 saturated heterocycles. The quantitative estimate of drug-likeness (QED) is 0.104. The Morgan fingerprint density at radius 1 is 0.500 bits per heavy atom. The average Bonchev–Trinajstić information content (AvgIpc) is 3.08. The Hall–Kier alpha value is -5.09. The van der Waals surface area contributed by atoms with Crippen LogP contribution < -0.4 is 0 Å². The van der Waals surface area contributed by atoms with Crippen LogP contribution in [0.4, 0.5) is 0 Å². The van der Waals surface area contributed by atoms with Crippen molar-refractivity contribution in [1.29, 1.82) is 0 Å². The van der Waals surface area contributed by atoms with Crippen LogP contribution in [0.1, 0.15) is 41.4 Å². The average molecular weight is 659 g/mol. The lowest BCUT2D eigenvalue weighted by atomic mass is 10.0. The van der Waals surface area contributed by atoms with Gasteiger partial charge in [0.2, 0.25) is 11.9 Å². The second kappa shape index (κ2) is 15.9. The lowest BCUT2D eigenvalue weighted by molar-refractivity contribution is -0.142. The van der Waals surface area contributed by atoms with E-state index in [-0.39, 0.29) is 27.6 Å². The molecule has 0 N–H and O–H groups in total. The van der Waals surface area contributed by atoms with Gasteiger partial charge in [0.05, 0.1) is 22.3 Å².